The van der Waals surface area contributed by atoms with E-state index < -0.39 is 0 Å². The van der Waals surface area contributed by atoms with Crippen molar-refractivity contribution in [2.75, 3.05) is 13.1 Å². The maximum Gasteiger partial charge on any atom is 0.227 e. The Morgan fingerprint density at radius 3 is 2.88 bits per heavy atom. The maximum atomic E-state index is 13.2. The quantitative estimate of drug-likeness (QED) is 0.516. The number of benzene rings is 1. The number of likely N-dealkylation sites (tertiary alicyclic amines) is 1. The molecule has 1 N–H and O–H groups in total. The van der Waals surface area contributed by atoms with Crippen molar-refractivity contribution in [3.05, 3.63) is 72.3 Å². The smallest absolute Gasteiger partial charge is 0.227 e. The number of amides is 1. The molecular weight excluding hydrogens is 400 g/mol. The van der Waals surface area contributed by atoms with Crippen LogP contribution in [0.3, 0.4) is 0 Å². The third-order valence-electron chi connectivity index (χ3n) is 6.30. The Bertz CT molecular complexity index is 1240. The normalized spacial score (nSPS) is 16.7. The topological polar surface area (TPSA) is 79.7 Å². The molecule has 1 aliphatic rings. The van der Waals surface area contributed by atoms with E-state index in [0.29, 0.717) is 13.0 Å². The largest absolute Gasteiger partial charge is 0.361 e. The summed E-state index contributed by atoms with van der Waals surface area (Å²) in [5, 5.41) is 1.12. The molecule has 7 nitrogen and oxygen atoms in total. The Morgan fingerprint density at radius 2 is 2.00 bits per heavy atom. The van der Waals surface area contributed by atoms with Gasteiger partial charge in [0.15, 0.2) is 5.82 Å². The first kappa shape index (κ1) is 20.4. The highest BCUT2D eigenvalue weighted by Crippen LogP contribution is 2.30. The van der Waals surface area contributed by atoms with Gasteiger partial charge >= 0.3 is 0 Å². The monoisotopic (exact) mass is 428 g/mol. The summed E-state index contributed by atoms with van der Waals surface area (Å²) in [7, 11) is 0. The van der Waals surface area contributed by atoms with Gasteiger partial charge in [0, 0.05) is 66.8 Å². The van der Waals surface area contributed by atoms with E-state index in [1.807, 2.05) is 46.3 Å². The van der Waals surface area contributed by atoms with Gasteiger partial charge in [-0.2, -0.15) is 0 Å². The summed E-state index contributed by atoms with van der Waals surface area (Å²) in [6.07, 6.45) is 11.6. The first-order valence-corrected chi connectivity index (χ1v) is 11.3. The van der Waals surface area contributed by atoms with E-state index in [1.165, 1.54) is 0 Å². The van der Waals surface area contributed by atoms with Crippen LogP contribution in [0, 0.1) is 0 Å². The van der Waals surface area contributed by atoms with Crippen molar-refractivity contribution >= 4 is 16.8 Å². The lowest BCUT2D eigenvalue weighted by molar-refractivity contribution is -0.131. The number of H-pyrrole nitrogens is 1. The van der Waals surface area contributed by atoms with Gasteiger partial charge in [-0.25, -0.2) is 9.97 Å². The highest BCUT2D eigenvalue weighted by molar-refractivity contribution is 5.89. The van der Waals surface area contributed by atoms with Gasteiger partial charge in [-0.05, 0) is 24.5 Å². The van der Waals surface area contributed by atoms with E-state index in [-0.39, 0.29) is 17.7 Å². The minimum absolute atomic E-state index is 0.154. The Kier molecular flexibility index (Phi) is 5.47. The number of nitrogens with zero attached hydrogens (tertiary/aromatic N) is 5. The summed E-state index contributed by atoms with van der Waals surface area (Å²) < 4.78 is 2.04. The fraction of sp³-hybridized carbons (Fsp3) is 0.360. The van der Waals surface area contributed by atoms with E-state index in [2.05, 4.69) is 34.9 Å². The first-order valence-electron chi connectivity index (χ1n) is 11.3. The molecule has 0 saturated carbocycles. The van der Waals surface area contributed by atoms with Crippen LogP contribution < -0.4 is 0 Å². The SMILES string of the molecule is CC(C)c1nccn1-c1nccnc1[C@@H]1CCCN(C(=O)Cc2c[nH]c3ccccc23)C1. The molecule has 0 bridgehead atoms. The van der Waals surface area contributed by atoms with Gasteiger partial charge < -0.3 is 9.88 Å². The van der Waals surface area contributed by atoms with Crippen LogP contribution in [0.5, 0.6) is 0 Å². The number of aromatic amines is 1. The Morgan fingerprint density at radius 1 is 1.16 bits per heavy atom. The molecule has 1 fully saturated rings. The van der Waals surface area contributed by atoms with Crippen LogP contribution in [-0.4, -0.2) is 48.4 Å². The second-order valence-corrected chi connectivity index (χ2v) is 8.79. The average molecular weight is 429 g/mol. The van der Waals surface area contributed by atoms with Gasteiger partial charge in [0.1, 0.15) is 5.82 Å². The van der Waals surface area contributed by atoms with Crippen LogP contribution in [-0.2, 0) is 11.2 Å². The highest BCUT2D eigenvalue weighted by atomic mass is 16.2. The summed E-state index contributed by atoms with van der Waals surface area (Å²) >= 11 is 0. The zero-order valence-corrected chi connectivity index (χ0v) is 18.5. The lowest BCUT2D eigenvalue weighted by atomic mass is 9.93. The molecule has 1 atom stereocenters. The van der Waals surface area contributed by atoms with Crippen LogP contribution >= 0.6 is 0 Å². The van der Waals surface area contributed by atoms with Crippen LogP contribution in [0.4, 0.5) is 0 Å². The van der Waals surface area contributed by atoms with Gasteiger partial charge in [-0.3, -0.25) is 14.3 Å². The molecule has 4 aromatic rings. The number of aromatic nitrogens is 5. The predicted molar refractivity (Wildman–Crippen MR) is 124 cm³/mol. The van der Waals surface area contributed by atoms with E-state index in [9.17, 15) is 4.79 Å². The van der Waals surface area contributed by atoms with Crippen molar-refractivity contribution in [3.63, 3.8) is 0 Å². The minimum Gasteiger partial charge on any atom is -0.361 e. The lowest BCUT2D eigenvalue weighted by Gasteiger charge is -2.33. The number of carbonyl (C=O) groups excluding carboxylic acids is 1. The molecule has 0 spiro atoms. The lowest BCUT2D eigenvalue weighted by Crippen LogP contribution is -2.40. The third kappa shape index (κ3) is 3.79. The van der Waals surface area contributed by atoms with E-state index in [1.54, 1.807) is 12.4 Å². The molecule has 7 heteroatoms. The molecule has 1 aromatic carbocycles. The number of hydrogen-bond donors (Lipinski definition) is 1. The van der Waals surface area contributed by atoms with Gasteiger partial charge in [0.2, 0.25) is 5.91 Å². The molecule has 1 aliphatic heterocycles. The number of fused-ring (bicyclic) bond motifs is 1. The van der Waals surface area contributed by atoms with Crippen molar-refractivity contribution in [3.8, 4) is 5.82 Å². The number of imidazole rings is 1. The highest BCUT2D eigenvalue weighted by Gasteiger charge is 2.29. The number of hydrogen-bond acceptors (Lipinski definition) is 4. The molecule has 0 radical (unpaired) electrons. The van der Waals surface area contributed by atoms with Crippen molar-refractivity contribution in [2.45, 2.75) is 44.9 Å². The fourth-order valence-corrected chi connectivity index (χ4v) is 4.72. The summed E-state index contributed by atoms with van der Waals surface area (Å²) in [5.74, 6) is 2.39. The van der Waals surface area contributed by atoms with Crippen molar-refractivity contribution in [1.82, 2.24) is 29.4 Å². The third-order valence-corrected chi connectivity index (χ3v) is 6.30. The summed E-state index contributed by atoms with van der Waals surface area (Å²) in [5.41, 5.74) is 3.06. The summed E-state index contributed by atoms with van der Waals surface area (Å²) in [6, 6.07) is 8.12. The molecule has 164 valence electrons. The standard InChI is InChI=1S/C25H28N6O/c1-17(2)24-28-11-13-31(24)25-23(26-9-10-27-25)18-6-5-12-30(16-18)22(32)14-19-15-29-21-8-4-3-7-20(19)21/h3-4,7-11,13,15,17-18,29H,5-6,12,14,16H2,1-2H3/t18-/m1/s1. The molecule has 0 aliphatic carbocycles. The van der Waals surface area contributed by atoms with Gasteiger partial charge in [0.25, 0.3) is 0 Å². The minimum atomic E-state index is 0.154. The average Bonchev–Trinajstić information content (AvgIpc) is 3.47. The molecule has 1 saturated heterocycles. The van der Waals surface area contributed by atoms with Gasteiger partial charge in [-0.15, -0.1) is 0 Å². The number of carbonyl (C=O) groups is 1. The zero-order valence-electron chi connectivity index (χ0n) is 18.5. The molecule has 32 heavy (non-hydrogen) atoms. The van der Waals surface area contributed by atoms with Gasteiger partial charge in [0.05, 0.1) is 12.1 Å². The molecular formula is C25H28N6O. The Labute approximate surface area is 187 Å². The molecule has 3 aromatic heterocycles. The van der Waals surface area contributed by atoms with E-state index >= 15 is 0 Å². The van der Waals surface area contributed by atoms with E-state index in [0.717, 1.165) is 53.2 Å². The number of rotatable bonds is 5. The van der Waals surface area contributed by atoms with Crippen LogP contribution in [0.25, 0.3) is 16.7 Å². The molecule has 5 rings (SSSR count). The molecule has 1 amide bonds. The zero-order chi connectivity index (χ0) is 22.1. The number of para-hydroxylation sites is 1. The second kappa shape index (κ2) is 8.57. The number of piperidine rings is 1. The van der Waals surface area contributed by atoms with Crippen molar-refractivity contribution in [1.29, 1.82) is 0 Å². The Balaban J connectivity index is 1.38. The fourth-order valence-electron chi connectivity index (χ4n) is 4.72. The molecule has 0 unspecified atom stereocenters. The van der Waals surface area contributed by atoms with E-state index in [4.69, 9.17) is 4.98 Å². The maximum absolute atomic E-state index is 13.2. The van der Waals surface area contributed by atoms with Crippen LogP contribution in [0.1, 0.15) is 55.6 Å². The first-order chi connectivity index (χ1) is 15.6. The summed E-state index contributed by atoms with van der Waals surface area (Å²) in [4.78, 5) is 32.4. The Hall–Kier alpha value is -3.48. The van der Waals surface area contributed by atoms with Crippen molar-refractivity contribution < 1.29 is 4.79 Å². The predicted octanol–water partition coefficient (Wildman–Crippen LogP) is 4.22. The number of nitrogens with one attached hydrogen (secondary N) is 1. The van der Waals surface area contributed by atoms with Crippen LogP contribution in [0.2, 0.25) is 0 Å². The van der Waals surface area contributed by atoms with Gasteiger partial charge in [-0.1, -0.05) is 32.0 Å². The molecule has 4 heterocycles. The van der Waals surface area contributed by atoms with Crippen LogP contribution in [0.15, 0.2) is 55.2 Å². The van der Waals surface area contributed by atoms with Crippen molar-refractivity contribution in [2.24, 2.45) is 0 Å². The second-order valence-electron chi connectivity index (χ2n) is 8.79. The summed E-state index contributed by atoms with van der Waals surface area (Å²) in [6.45, 7) is 5.70.